The van der Waals surface area contributed by atoms with Crippen molar-refractivity contribution < 1.29 is 13.2 Å². The summed E-state index contributed by atoms with van der Waals surface area (Å²) in [6.07, 6.45) is 6.14. The summed E-state index contributed by atoms with van der Waals surface area (Å²) in [7, 11) is -3.66. The minimum absolute atomic E-state index is 0.107. The van der Waals surface area contributed by atoms with E-state index in [1.807, 2.05) is 30.3 Å². The predicted molar refractivity (Wildman–Crippen MR) is 123 cm³/mol. The van der Waals surface area contributed by atoms with Crippen molar-refractivity contribution in [3.8, 4) is 0 Å². The number of nitrogens with one attached hydrogen (secondary N) is 2. The van der Waals surface area contributed by atoms with Crippen LogP contribution in [0.25, 0.3) is 10.8 Å². The average Bonchev–Trinajstić information content (AvgIpc) is 2.82. The molecule has 0 bridgehead atoms. The highest BCUT2D eigenvalue weighted by Gasteiger charge is 2.16. The molecule has 0 aromatic heterocycles. The van der Waals surface area contributed by atoms with Crippen LogP contribution in [-0.4, -0.2) is 20.9 Å². The molecule has 31 heavy (non-hydrogen) atoms. The van der Waals surface area contributed by atoms with Crippen LogP contribution < -0.4 is 10.0 Å². The van der Waals surface area contributed by atoms with Crippen molar-refractivity contribution in [1.82, 2.24) is 10.0 Å². The summed E-state index contributed by atoms with van der Waals surface area (Å²) in [5.74, 6) is 0.458. The Morgan fingerprint density at radius 1 is 0.871 bits per heavy atom. The van der Waals surface area contributed by atoms with Crippen LogP contribution in [0.2, 0.25) is 0 Å². The Morgan fingerprint density at radius 2 is 1.65 bits per heavy atom. The van der Waals surface area contributed by atoms with Gasteiger partial charge in [-0.05, 0) is 59.4 Å². The van der Waals surface area contributed by atoms with Gasteiger partial charge in [-0.1, -0.05) is 61.7 Å². The number of hydrogen-bond acceptors (Lipinski definition) is 3. The molecule has 1 saturated carbocycles. The number of benzene rings is 3. The molecule has 5 nitrogen and oxygen atoms in total. The summed E-state index contributed by atoms with van der Waals surface area (Å²) in [5, 5.41) is 4.90. The molecule has 0 spiro atoms. The van der Waals surface area contributed by atoms with Gasteiger partial charge in [-0.15, -0.1) is 0 Å². The van der Waals surface area contributed by atoms with Crippen molar-refractivity contribution in [1.29, 1.82) is 0 Å². The second-order valence-electron chi connectivity index (χ2n) is 8.25. The summed E-state index contributed by atoms with van der Waals surface area (Å²) in [6.45, 7) is 0.830. The van der Waals surface area contributed by atoms with E-state index in [2.05, 4.69) is 10.0 Å². The van der Waals surface area contributed by atoms with Crippen molar-refractivity contribution in [2.24, 2.45) is 5.92 Å². The molecule has 4 rings (SSSR count). The van der Waals surface area contributed by atoms with E-state index in [0.717, 1.165) is 16.3 Å². The minimum atomic E-state index is -3.66. The summed E-state index contributed by atoms with van der Waals surface area (Å²) in [4.78, 5) is 12.8. The molecule has 1 amide bonds. The van der Waals surface area contributed by atoms with E-state index in [1.165, 1.54) is 32.1 Å². The van der Waals surface area contributed by atoms with Crippen molar-refractivity contribution in [3.05, 3.63) is 77.9 Å². The van der Waals surface area contributed by atoms with E-state index >= 15 is 0 Å². The second kappa shape index (κ2) is 9.62. The first kappa shape index (κ1) is 21.5. The van der Waals surface area contributed by atoms with Crippen LogP contribution in [0.15, 0.2) is 71.6 Å². The average molecular weight is 437 g/mol. The zero-order valence-electron chi connectivity index (χ0n) is 17.5. The Hall–Kier alpha value is -2.70. The van der Waals surface area contributed by atoms with E-state index in [-0.39, 0.29) is 17.3 Å². The van der Waals surface area contributed by atoms with E-state index in [9.17, 15) is 13.2 Å². The maximum absolute atomic E-state index is 12.8. The second-order valence-corrected chi connectivity index (χ2v) is 10.0. The SMILES string of the molecule is O=C(NCC1CCCCC1)c1cccc(CNS(=O)(=O)c2ccc3ccccc3c2)c1. The number of carbonyl (C=O) groups is 1. The monoisotopic (exact) mass is 436 g/mol. The maximum Gasteiger partial charge on any atom is 0.251 e. The zero-order valence-corrected chi connectivity index (χ0v) is 18.3. The van der Waals surface area contributed by atoms with Gasteiger partial charge in [-0.2, -0.15) is 0 Å². The summed E-state index contributed by atoms with van der Waals surface area (Å²) in [5.41, 5.74) is 1.30. The number of hydrogen-bond donors (Lipinski definition) is 2. The lowest BCUT2D eigenvalue weighted by Crippen LogP contribution is -2.30. The number of fused-ring (bicyclic) bond motifs is 1. The van der Waals surface area contributed by atoms with Crippen LogP contribution in [0, 0.1) is 5.92 Å². The lowest BCUT2D eigenvalue weighted by Gasteiger charge is -2.21. The molecule has 0 heterocycles. The van der Waals surface area contributed by atoms with E-state index in [4.69, 9.17) is 0 Å². The molecule has 3 aromatic rings. The normalized spacial score (nSPS) is 15.1. The highest BCUT2D eigenvalue weighted by molar-refractivity contribution is 7.89. The molecular weight excluding hydrogens is 408 g/mol. The molecule has 1 aliphatic rings. The molecule has 0 radical (unpaired) electrons. The molecule has 0 atom stereocenters. The van der Waals surface area contributed by atoms with Crippen LogP contribution in [-0.2, 0) is 16.6 Å². The van der Waals surface area contributed by atoms with Gasteiger partial charge >= 0.3 is 0 Å². The zero-order chi connectivity index (χ0) is 21.7. The van der Waals surface area contributed by atoms with Crippen molar-refractivity contribution in [2.75, 3.05) is 6.54 Å². The standard InChI is InChI=1S/C25H28N2O3S/c28-25(26-17-19-7-2-1-3-8-19)23-12-6-9-20(15-23)18-27-31(29,30)24-14-13-21-10-4-5-11-22(21)16-24/h4-6,9-16,19,27H,1-3,7-8,17-18H2,(H,26,28). The Balaban J connectivity index is 1.39. The van der Waals surface area contributed by atoms with Crippen molar-refractivity contribution >= 4 is 26.7 Å². The smallest absolute Gasteiger partial charge is 0.251 e. The fraction of sp³-hybridized carbons (Fsp3) is 0.320. The lowest BCUT2D eigenvalue weighted by atomic mass is 9.89. The third-order valence-corrected chi connectivity index (χ3v) is 7.36. The molecule has 0 aliphatic heterocycles. The van der Waals surface area contributed by atoms with Crippen LogP contribution in [0.1, 0.15) is 48.0 Å². The molecule has 0 saturated heterocycles. The van der Waals surface area contributed by atoms with Crippen LogP contribution >= 0.6 is 0 Å². The van der Waals surface area contributed by atoms with E-state index in [0.29, 0.717) is 18.0 Å². The topological polar surface area (TPSA) is 75.3 Å². The Morgan fingerprint density at radius 3 is 2.45 bits per heavy atom. The van der Waals surface area contributed by atoms with Crippen molar-refractivity contribution in [3.63, 3.8) is 0 Å². The fourth-order valence-electron chi connectivity index (χ4n) is 4.15. The molecule has 3 aromatic carbocycles. The minimum Gasteiger partial charge on any atom is -0.352 e. The first-order chi connectivity index (χ1) is 15.0. The summed E-state index contributed by atoms with van der Waals surface area (Å²) in [6, 6.07) is 19.9. The first-order valence-electron chi connectivity index (χ1n) is 10.9. The van der Waals surface area contributed by atoms with Gasteiger partial charge in [-0.3, -0.25) is 4.79 Å². The van der Waals surface area contributed by atoms with E-state index < -0.39 is 10.0 Å². The number of amides is 1. The molecule has 0 unspecified atom stereocenters. The van der Waals surface area contributed by atoms with Gasteiger partial charge in [0, 0.05) is 18.7 Å². The lowest BCUT2D eigenvalue weighted by molar-refractivity contribution is 0.0943. The Bertz CT molecular complexity index is 1170. The Labute approximate surface area is 183 Å². The molecule has 2 N–H and O–H groups in total. The summed E-state index contributed by atoms with van der Waals surface area (Å²) >= 11 is 0. The maximum atomic E-state index is 12.8. The first-order valence-corrected chi connectivity index (χ1v) is 12.4. The van der Waals surface area contributed by atoms with Crippen LogP contribution in [0.4, 0.5) is 0 Å². The van der Waals surface area contributed by atoms with Gasteiger partial charge in [0.15, 0.2) is 0 Å². The molecule has 1 fully saturated rings. The highest BCUT2D eigenvalue weighted by Crippen LogP contribution is 2.23. The van der Waals surface area contributed by atoms with E-state index in [1.54, 1.807) is 36.4 Å². The van der Waals surface area contributed by atoms with Gasteiger partial charge < -0.3 is 5.32 Å². The number of carbonyl (C=O) groups excluding carboxylic acids is 1. The predicted octanol–water partition coefficient (Wildman–Crippen LogP) is 4.63. The van der Waals surface area contributed by atoms with Crippen molar-refractivity contribution in [2.45, 2.75) is 43.5 Å². The molecular formula is C25H28N2O3S. The van der Waals surface area contributed by atoms with Gasteiger partial charge in [0.1, 0.15) is 0 Å². The Kier molecular flexibility index (Phi) is 6.68. The van der Waals surface area contributed by atoms with Crippen LogP contribution in [0.3, 0.4) is 0 Å². The quantitative estimate of drug-likeness (QED) is 0.567. The van der Waals surface area contributed by atoms with Gasteiger partial charge in [0.25, 0.3) is 5.91 Å². The fourth-order valence-corrected chi connectivity index (χ4v) is 5.20. The third kappa shape index (κ3) is 5.51. The van der Waals surface area contributed by atoms with Gasteiger partial charge in [-0.25, -0.2) is 13.1 Å². The highest BCUT2D eigenvalue weighted by atomic mass is 32.2. The molecule has 1 aliphatic carbocycles. The summed E-state index contributed by atoms with van der Waals surface area (Å²) < 4.78 is 28.2. The largest absolute Gasteiger partial charge is 0.352 e. The molecule has 162 valence electrons. The number of sulfonamides is 1. The molecule has 6 heteroatoms. The number of rotatable bonds is 7. The third-order valence-electron chi connectivity index (χ3n) is 5.96. The van der Waals surface area contributed by atoms with Gasteiger partial charge in [0.05, 0.1) is 4.90 Å². The van der Waals surface area contributed by atoms with Gasteiger partial charge in [0.2, 0.25) is 10.0 Å². The van der Waals surface area contributed by atoms with Crippen LogP contribution in [0.5, 0.6) is 0 Å².